The molecule has 5 N–H and O–H groups in total. The lowest BCUT2D eigenvalue weighted by Gasteiger charge is -2.23. The van der Waals surface area contributed by atoms with E-state index in [1.54, 1.807) is 50.5 Å². The average molecular weight is 1890 g/mol. The maximum absolute atomic E-state index is 12.8. The Morgan fingerprint density at radius 1 is 0.287 bits per heavy atom. The quantitative estimate of drug-likeness (QED) is 0.0815. The summed E-state index contributed by atoms with van der Waals surface area (Å²) < 4.78 is 50.7. The molecule has 14 aromatic rings. The largest absolute Gasteiger partial charge is 0.505 e. The zero-order valence-corrected chi connectivity index (χ0v) is 89.3. The van der Waals surface area contributed by atoms with Crippen LogP contribution in [-0.4, -0.2) is 67.7 Å². The normalized spacial score (nSPS) is 9.33. The second-order valence-electron chi connectivity index (χ2n) is 24.7. The van der Waals surface area contributed by atoms with Gasteiger partial charge in [-0.1, -0.05) is 435 Å². The van der Waals surface area contributed by atoms with Crippen molar-refractivity contribution in [2.75, 3.05) is 31.7 Å². The molecule has 0 radical (unpaired) electrons. The molecular weight excluding hydrogens is 1730 g/mol. The van der Waals surface area contributed by atoms with E-state index in [0.29, 0.717) is 51.5 Å². The Morgan fingerprint density at radius 3 is 0.824 bits per heavy atom. The Hall–Kier alpha value is -13.7. The van der Waals surface area contributed by atoms with Crippen molar-refractivity contribution >= 4 is 121 Å². The van der Waals surface area contributed by atoms with Gasteiger partial charge in [0.2, 0.25) is 0 Å². The summed E-state index contributed by atoms with van der Waals surface area (Å²) in [4.78, 5) is 25.5. The number of carbonyl (C=O) groups excluding carboxylic acids is 2. The molecule has 0 saturated carbocycles. The number of rotatable bonds is 8. The number of hydrogen-bond acceptors (Lipinski definition) is 20. The number of nitrogen functional groups attached to an aromatic ring is 1. The summed E-state index contributed by atoms with van der Waals surface area (Å²) in [5.74, 6) is 0.0554. The molecule has 22 heteroatoms. The van der Waals surface area contributed by atoms with Crippen LogP contribution in [0.25, 0.3) is 43.1 Å². The topological polar surface area (TPSA) is 314 Å². The van der Waals surface area contributed by atoms with Crippen LogP contribution in [0.5, 0.6) is 11.5 Å². The van der Waals surface area contributed by atoms with Gasteiger partial charge in [0, 0.05) is 53.9 Å². The summed E-state index contributed by atoms with van der Waals surface area (Å²) in [6.07, 6.45) is 2.50. The molecule has 0 unspecified atom stereocenters. The number of fused-ring (bicyclic) bond motifs is 6. The van der Waals surface area contributed by atoms with Gasteiger partial charge < -0.3 is 21.3 Å². The summed E-state index contributed by atoms with van der Waals surface area (Å²) in [7, 11) is -2.97. The van der Waals surface area contributed by atoms with Crippen LogP contribution < -0.4 is 11.1 Å². The number of hydrogen-bond donors (Lipinski definition) is 4. The van der Waals surface area contributed by atoms with Crippen LogP contribution in [0.2, 0.25) is 0 Å². The van der Waals surface area contributed by atoms with E-state index in [-0.39, 0.29) is 23.1 Å². The minimum atomic E-state index is -3.11. The molecule has 136 heavy (non-hydrogen) atoms. The molecule has 738 valence electrons. The fourth-order valence-corrected chi connectivity index (χ4v) is 10.8. The summed E-state index contributed by atoms with van der Waals surface area (Å²) in [6, 6.07) is 98.2. The monoisotopic (exact) mass is 1890 g/mol. The molecule has 0 bridgehead atoms. The maximum Gasteiger partial charge on any atom is 0.425 e. The van der Waals surface area contributed by atoms with E-state index in [0.717, 1.165) is 61.0 Å². The third-order valence-corrected chi connectivity index (χ3v) is 15.8. The molecule has 1 aliphatic rings. The standard InChI is InChI=1S/C17H16N2O2.C17H14N2O.C12H12N2O.C12H10N2.2C10H8.C8H10N2.2C3H8.11C2H6.2O3S/c1-3-19-12-8-9(2)15(18)14-13(12)16(20)10-6-4-5-7-11(10)17(14)21;1-12-6-5-7-13-10-11-15(17(20)16(12)13)19-18-14-8-3-2-4-9-14;1-8-4-3-5-9-6-7-10(14-13-2)12(15)11(8)9;1-3-7-11(8-4-1)13-14-12-9-5-2-6-10-12;2*1-2-6-10-8-4-3-7-9(10)5-1;1-7-3-5-8(6-4-7)10-9-2;2*1-3-2;11*1-2;2*1-4(2)3/h4-8,19H,3,18H2,1-2H3;2-11,20H,1H3;3-7,15H,1-2H3;1-10H;2*1-8H;3-6H,1-2H3;2*3H2,1-2H3;11*1-2H3;;. The van der Waals surface area contributed by atoms with Gasteiger partial charge in [-0.05, 0) is 150 Å². The molecule has 0 amide bonds. The summed E-state index contributed by atoms with van der Waals surface area (Å²) >= 11 is 0. The number of anilines is 2. The number of carbonyl (C=O) groups is 2. The molecule has 0 aliphatic heterocycles. The smallest absolute Gasteiger partial charge is 0.425 e. The zero-order chi connectivity index (χ0) is 105. The highest BCUT2D eigenvalue weighted by Crippen LogP contribution is 2.40. The number of azo groups is 4. The Labute approximate surface area is 820 Å². The maximum atomic E-state index is 12.8. The average Bonchev–Trinajstić information content (AvgIpc) is 0.738. The number of benzene rings is 14. The number of nitrogens with one attached hydrogen (secondary N) is 1. The van der Waals surface area contributed by atoms with E-state index in [1.807, 2.05) is 357 Å². The van der Waals surface area contributed by atoms with Gasteiger partial charge in [0.15, 0.2) is 23.1 Å². The van der Waals surface area contributed by atoms with Crippen molar-refractivity contribution in [2.45, 2.75) is 227 Å². The number of aryl methyl sites for hydroxylation is 4. The van der Waals surface area contributed by atoms with Crippen molar-refractivity contribution < 1.29 is 45.1 Å². The molecule has 0 spiro atoms. The van der Waals surface area contributed by atoms with Crippen LogP contribution in [-0.2, 0) is 21.2 Å². The summed E-state index contributed by atoms with van der Waals surface area (Å²) in [5, 5.41) is 64.0. The number of aromatic hydroxyl groups is 2. The molecule has 14 aromatic carbocycles. The van der Waals surface area contributed by atoms with E-state index in [4.69, 9.17) is 31.0 Å². The molecule has 0 heterocycles. The molecule has 0 fully saturated rings. The molecule has 15 rings (SSSR count). The molecule has 1 aliphatic carbocycles. The Kier molecular flexibility index (Phi) is 91.3. The fraction of sp³-hybridized carbons (Fsp3) is 0.316. The van der Waals surface area contributed by atoms with Gasteiger partial charge in [-0.15, -0.1) is 30.4 Å². The second kappa shape index (κ2) is 91.8. The third kappa shape index (κ3) is 55.1. The molecular formula is C114H160N10O10S2. The number of nitrogens with two attached hydrogens (primary N) is 1. The van der Waals surface area contributed by atoms with Crippen LogP contribution >= 0.6 is 0 Å². The lowest BCUT2D eigenvalue weighted by atomic mass is 9.81. The van der Waals surface area contributed by atoms with Gasteiger partial charge in [-0.3, -0.25) is 9.59 Å². The van der Waals surface area contributed by atoms with Gasteiger partial charge in [-0.25, -0.2) is 0 Å². The van der Waals surface area contributed by atoms with Crippen LogP contribution in [0, 0.1) is 27.7 Å². The van der Waals surface area contributed by atoms with Gasteiger partial charge in [-0.2, -0.15) is 35.8 Å². The zero-order valence-electron chi connectivity index (χ0n) is 87.6. The first-order chi connectivity index (χ1) is 66.0. The first-order valence-corrected chi connectivity index (χ1v) is 49.4. The predicted molar refractivity (Wildman–Crippen MR) is 588 cm³/mol. The number of phenolic OH excluding ortho intramolecular Hbond substituents is 2. The second-order valence-corrected chi connectivity index (χ2v) is 25.5. The molecule has 0 atom stereocenters. The van der Waals surface area contributed by atoms with E-state index >= 15 is 0 Å². The van der Waals surface area contributed by atoms with Crippen LogP contribution in [0.1, 0.15) is 254 Å². The van der Waals surface area contributed by atoms with E-state index in [2.05, 4.69) is 171 Å². The lowest BCUT2D eigenvalue weighted by molar-refractivity contribution is 0.0980. The van der Waals surface area contributed by atoms with E-state index in [1.165, 1.54) is 39.9 Å². The van der Waals surface area contributed by atoms with E-state index < -0.39 is 21.2 Å². The highest BCUT2D eigenvalue weighted by Gasteiger charge is 2.34. The SMILES string of the molecule is CC.CC.CC.CC.CC.CC.CC.CC.CC.CC.CC.CCC.CCC.CCNc1cc(C)c(N)c2c1C(=O)c1ccccc1C2=O.CN=Nc1ccc(C)cc1.CN=Nc1ccc2cccc(C)c2c1O.Cc1cccc2ccc(N=Nc3ccccc3)c(O)c12.O=S(=O)=O.O=S(=O)=O.c1ccc(N=Nc2ccccc2)cc1.c1ccc2ccccc2c1.c1ccc2ccccc2c1. The van der Waals surface area contributed by atoms with Gasteiger partial charge in [0.25, 0.3) is 0 Å². The summed E-state index contributed by atoms with van der Waals surface area (Å²) in [5.41, 5.74) is 17.2. The number of ketones is 2. The summed E-state index contributed by atoms with van der Waals surface area (Å²) in [6.45, 7) is 62.9. The first-order valence-electron chi connectivity index (χ1n) is 47.4. The van der Waals surface area contributed by atoms with Gasteiger partial charge >= 0.3 is 21.2 Å². The lowest BCUT2D eigenvalue weighted by Crippen LogP contribution is -2.24. The molecule has 20 nitrogen and oxygen atoms in total. The van der Waals surface area contributed by atoms with Crippen LogP contribution in [0.3, 0.4) is 0 Å². The van der Waals surface area contributed by atoms with Crippen molar-refractivity contribution in [2.24, 2.45) is 40.9 Å². The van der Waals surface area contributed by atoms with Crippen molar-refractivity contribution in [3.05, 3.63) is 348 Å². The van der Waals surface area contributed by atoms with E-state index in [9.17, 15) is 19.8 Å². The van der Waals surface area contributed by atoms with Gasteiger partial charge in [0.1, 0.15) is 11.4 Å². The predicted octanol–water partition coefficient (Wildman–Crippen LogP) is 36.2. The minimum absolute atomic E-state index is 0.150. The molecule has 0 saturated heterocycles. The van der Waals surface area contributed by atoms with Gasteiger partial charge in [0.05, 0.1) is 33.9 Å². The highest BCUT2D eigenvalue weighted by molar-refractivity contribution is 7.59. The fourth-order valence-electron chi connectivity index (χ4n) is 10.8. The Balaban J connectivity index is -0.000000273. The minimum Gasteiger partial charge on any atom is -0.505 e. The van der Waals surface area contributed by atoms with Crippen molar-refractivity contribution in [1.29, 1.82) is 0 Å². The number of nitrogens with zero attached hydrogens (tertiary/aromatic N) is 8. The Morgan fingerprint density at radius 2 is 0.537 bits per heavy atom. The number of phenols is 2. The van der Waals surface area contributed by atoms with Crippen LogP contribution in [0.4, 0.5) is 45.5 Å². The van der Waals surface area contributed by atoms with Crippen molar-refractivity contribution in [3.63, 3.8) is 0 Å². The highest BCUT2D eigenvalue weighted by atomic mass is 32.2. The molecule has 0 aromatic heterocycles. The van der Waals surface area contributed by atoms with Crippen LogP contribution in [0.15, 0.2) is 344 Å². The van der Waals surface area contributed by atoms with Crippen molar-refractivity contribution in [1.82, 2.24) is 0 Å². The first kappa shape index (κ1) is 135. The third-order valence-electron chi connectivity index (χ3n) is 15.8. The van der Waals surface area contributed by atoms with Crippen molar-refractivity contribution in [3.8, 4) is 11.5 Å². The Bertz CT molecular complexity index is 5480.